The third kappa shape index (κ3) is 2.34. The second-order valence-corrected chi connectivity index (χ2v) is 4.53. The Morgan fingerprint density at radius 2 is 2.33 bits per heavy atom. The number of hydrazine groups is 1. The van der Waals surface area contributed by atoms with Crippen molar-refractivity contribution >= 4 is 39.2 Å². The highest BCUT2D eigenvalue weighted by atomic mass is 32.1. The zero-order chi connectivity index (χ0) is 13.1. The molecule has 2 heterocycles. The molecule has 2 aromatic rings. The number of nitrogens with one attached hydrogen (secondary N) is 1. The molecule has 0 saturated heterocycles. The lowest BCUT2D eigenvalue weighted by Crippen LogP contribution is -2.34. The van der Waals surface area contributed by atoms with Gasteiger partial charge in [-0.05, 0) is 18.4 Å². The summed E-state index contributed by atoms with van der Waals surface area (Å²) in [6, 6.07) is 1.92. The van der Waals surface area contributed by atoms with E-state index in [9.17, 15) is 4.79 Å². The van der Waals surface area contributed by atoms with Crippen LogP contribution in [0.4, 0.5) is 11.8 Å². The summed E-state index contributed by atoms with van der Waals surface area (Å²) in [6.45, 7) is 2.66. The second-order valence-electron chi connectivity index (χ2n) is 3.64. The number of likely N-dealkylation sites (N-methyl/N-ethyl adjacent to an activating group) is 1. The smallest absolute Gasteiger partial charge is 0.240 e. The summed E-state index contributed by atoms with van der Waals surface area (Å²) in [4.78, 5) is 22.2. The van der Waals surface area contributed by atoms with Crippen molar-refractivity contribution < 1.29 is 4.79 Å². The van der Waals surface area contributed by atoms with Crippen LogP contribution in [-0.2, 0) is 4.79 Å². The predicted octanol–water partition coefficient (Wildman–Crippen LogP) is 0.289. The van der Waals surface area contributed by atoms with Gasteiger partial charge in [0.2, 0.25) is 11.9 Å². The Labute approximate surface area is 108 Å². The summed E-state index contributed by atoms with van der Waals surface area (Å²) >= 11 is 1.49. The van der Waals surface area contributed by atoms with Gasteiger partial charge >= 0.3 is 0 Å². The number of nitrogens with zero attached hydrogens (tertiary/aromatic N) is 3. The Bertz CT molecular complexity index is 568. The minimum atomic E-state index is -0.402. The fraction of sp³-hybridized carbons (Fsp3) is 0.300. The van der Waals surface area contributed by atoms with Gasteiger partial charge in [-0.3, -0.25) is 10.2 Å². The molecule has 0 fully saturated rings. The van der Waals surface area contributed by atoms with Crippen molar-refractivity contribution in [2.75, 3.05) is 23.4 Å². The fourth-order valence-electron chi connectivity index (χ4n) is 1.67. The molecule has 0 bridgehead atoms. The van der Waals surface area contributed by atoms with Crippen LogP contribution >= 0.6 is 11.3 Å². The zero-order valence-corrected chi connectivity index (χ0v) is 10.7. The van der Waals surface area contributed by atoms with Gasteiger partial charge in [0, 0.05) is 6.54 Å². The molecule has 2 aromatic heterocycles. The Kier molecular flexibility index (Phi) is 3.58. The van der Waals surface area contributed by atoms with Crippen LogP contribution in [0.5, 0.6) is 0 Å². The Balaban J connectivity index is 2.52. The Morgan fingerprint density at radius 3 is 2.94 bits per heavy atom. The lowest BCUT2D eigenvalue weighted by atomic mass is 10.3. The maximum atomic E-state index is 11.1. The highest BCUT2D eigenvalue weighted by molar-refractivity contribution is 7.16. The average Bonchev–Trinajstić information content (AvgIpc) is 2.82. The predicted molar refractivity (Wildman–Crippen MR) is 72.3 cm³/mol. The van der Waals surface area contributed by atoms with Crippen molar-refractivity contribution in [2.24, 2.45) is 11.6 Å². The molecular formula is C10H14N6OS. The van der Waals surface area contributed by atoms with Gasteiger partial charge in [0.05, 0.1) is 11.9 Å². The first kappa shape index (κ1) is 12.5. The van der Waals surface area contributed by atoms with Crippen molar-refractivity contribution in [3.05, 3.63) is 11.4 Å². The number of primary amides is 1. The third-order valence-corrected chi connectivity index (χ3v) is 3.27. The van der Waals surface area contributed by atoms with Crippen molar-refractivity contribution in [3.8, 4) is 0 Å². The SMILES string of the molecule is CCN(CC(N)=O)c1nc(NN)nc2sccc12. The number of carbonyl (C=O) groups excluding carboxylic acids is 1. The lowest BCUT2D eigenvalue weighted by Gasteiger charge is -2.21. The first-order valence-corrected chi connectivity index (χ1v) is 6.28. The minimum absolute atomic E-state index is 0.114. The zero-order valence-electron chi connectivity index (χ0n) is 9.88. The molecule has 0 aromatic carbocycles. The Hall–Kier alpha value is -1.93. The van der Waals surface area contributed by atoms with Crippen molar-refractivity contribution in [3.63, 3.8) is 0 Å². The van der Waals surface area contributed by atoms with E-state index >= 15 is 0 Å². The van der Waals surface area contributed by atoms with E-state index in [1.54, 1.807) is 4.90 Å². The molecule has 0 unspecified atom stereocenters. The molecule has 0 aliphatic carbocycles. The van der Waals surface area contributed by atoms with Crippen molar-refractivity contribution in [1.82, 2.24) is 9.97 Å². The van der Waals surface area contributed by atoms with E-state index in [1.165, 1.54) is 11.3 Å². The standard InChI is InChI=1S/C10H14N6OS/c1-2-16(5-7(11)17)8-6-3-4-18-9(6)14-10(13-8)15-12/h3-4H,2,5,12H2,1H3,(H2,11,17)(H,13,14,15). The molecule has 5 N–H and O–H groups in total. The molecule has 0 spiro atoms. The number of amides is 1. The normalized spacial score (nSPS) is 10.6. The summed E-state index contributed by atoms with van der Waals surface area (Å²) in [5, 5.41) is 2.81. The van der Waals surface area contributed by atoms with E-state index in [1.807, 2.05) is 18.4 Å². The second kappa shape index (κ2) is 5.15. The van der Waals surface area contributed by atoms with Gasteiger partial charge in [0.15, 0.2) is 0 Å². The lowest BCUT2D eigenvalue weighted by molar-refractivity contribution is -0.116. The van der Waals surface area contributed by atoms with Crippen LogP contribution in [0.2, 0.25) is 0 Å². The van der Waals surface area contributed by atoms with Gasteiger partial charge in [-0.15, -0.1) is 11.3 Å². The highest BCUT2D eigenvalue weighted by Gasteiger charge is 2.15. The minimum Gasteiger partial charge on any atom is -0.368 e. The topological polar surface area (TPSA) is 110 Å². The third-order valence-electron chi connectivity index (χ3n) is 2.46. The molecule has 0 aliphatic rings. The number of aromatic nitrogens is 2. The number of carbonyl (C=O) groups is 1. The number of thiophene rings is 1. The van der Waals surface area contributed by atoms with E-state index in [0.29, 0.717) is 18.3 Å². The van der Waals surface area contributed by atoms with Crippen LogP contribution in [0.1, 0.15) is 6.92 Å². The first-order valence-electron chi connectivity index (χ1n) is 5.40. The molecule has 0 radical (unpaired) electrons. The van der Waals surface area contributed by atoms with Gasteiger partial charge in [-0.25, -0.2) is 10.8 Å². The van der Waals surface area contributed by atoms with E-state index in [4.69, 9.17) is 11.6 Å². The molecule has 2 rings (SSSR count). The van der Waals surface area contributed by atoms with E-state index in [2.05, 4.69) is 15.4 Å². The molecule has 7 nitrogen and oxygen atoms in total. The van der Waals surface area contributed by atoms with Gasteiger partial charge < -0.3 is 10.6 Å². The van der Waals surface area contributed by atoms with E-state index < -0.39 is 5.91 Å². The summed E-state index contributed by atoms with van der Waals surface area (Å²) in [6.07, 6.45) is 0. The number of fused-ring (bicyclic) bond motifs is 1. The van der Waals surface area contributed by atoms with Crippen LogP contribution in [0.15, 0.2) is 11.4 Å². The van der Waals surface area contributed by atoms with Crippen LogP contribution in [0, 0.1) is 0 Å². The molecule has 0 saturated carbocycles. The summed E-state index contributed by atoms with van der Waals surface area (Å²) in [5.41, 5.74) is 7.66. The van der Waals surface area contributed by atoms with Gasteiger partial charge in [0.1, 0.15) is 10.6 Å². The largest absolute Gasteiger partial charge is 0.368 e. The van der Waals surface area contributed by atoms with Gasteiger partial charge in [-0.1, -0.05) is 0 Å². The first-order chi connectivity index (χ1) is 8.65. The van der Waals surface area contributed by atoms with E-state index in [-0.39, 0.29) is 6.54 Å². The quantitative estimate of drug-likeness (QED) is 0.530. The summed E-state index contributed by atoms with van der Waals surface area (Å²) < 4.78 is 0. The number of rotatable bonds is 5. The van der Waals surface area contributed by atoms with Gasteiger partial charge in [-0.2, -0.15) is 4.98 Å². The number of anilines is 2. The molecule has 18 heavy (non-hydrogen) atoms. The van der Waals surface area contributed by atoms with Crippen LogP contribution in [0.3, 0.4) is 0 Å². The average molecular weight is 266 g/mol. The molecule has 0 aliphatic heterocycles. The molecule has 8 heteroatoms. The Morgan fingerprint density at radius 1 is 1.56 bits per heavy atom. The van der Waals surface area contributed by atoms with E-state index in [0.717, 1.165) is 10.2 Å². The monoisotopic (exact) mass is 266 g/mol. The maximum absolute atomic E-state index is 11.1. The van der Waals surface area contributed by atoms with Crippen molar-refractivity contribution in [1.29, 1.82) is 0 Å². The molecule has 0 atom stereocenters. The summed E-state index contributed by atoms with van der Waals surface area (Å²) in [5.74, 6) is 5.92. The van der Waals surface area contributed by atoms with Crippen LogP contribution in [0.25, 0.3) is 10.2 Å². The fourth-order valence-corrected chi connectivity index (χ4v) is 2.43. The van der Waals surface area contributed by atoms with Crippen molar-refractivity contribution in [2.45, 2.75) is 6.92 Å². The maximum Gasteiger partial charge on any atom is 0.240 e. The molecule has 96 valence electrons. The number of hydrogen-bond donors (Lipinski definition) is 3. The molecule has 1 amide bonds. The number of hydrogen-bond acceptors (Lipinski definition) is 7. The number of nitrogen functional groups attached to an aromatic ring is 1. The summed E-state index contributed by atoms with van der Waals surface area (Å²) in [7, 11) is 0. The van der Waals surface area contributed by atoms with Gasteiger partial charge in [0.25, 0.3) is 0 Å². The number of nitrogens with two attached hydrogens (primary N) is 2. The highest BCUT2D eigenvalue weighted by Crippen LogP contribution is 2.28. The van der Waals surface area contributed by atoms with Crippen LogP contribution < -0.4 is 21.9 Å². The van der Waals surface area contributed by atoms with Crippen LogP contribution in [-0.4, -0.2) is 29.0 Å². The molecular weight excluding hydrogens is 252 g/mol.